The molecule has 9 nitrogen and oxygen atoms in total. The third-order valence-electron chi connectivity index (χ3n) is 7.53. The molecule has 5 rings (SSSR count). The maximum atomic E-state index is 13.6. The number of aromatic nitrogens is 5. The number of aryl methyl sites for hydroxylation is 2. The first-order chi connectivity index (χ1) is 18.9. The fraction of sp³-hybridized carbons (Fsp3) is 0.400. The van der Waals surface area contributed by atoms with Crippen molar-refractivity contribution < 1.29 is 9.53 Å². The summed E-state index contributed by atoms with van der Waals surface area (Å²) in [6, 6.07) is 9.75. The van der Waals surface area contributed by atoms with E-state index in [2.05, 4.69) is 63.7 Å². The molecule has 0 unspecified atom stereocenters. The van der Waals surface area contributed by atoms with Gasteiger partial charge in [-0.25, -0.2) is 9.67 Å². The highest BCUT2D eigenvalue weighted by atomic mass is 32.2. The Morgan fingerprint density at radius 2 is 1.85 bits per heavy atom. The number of methoxy groups -OCH3 is 1. The number of rotatable bonds is 8. The summed E-state index contributed by atoms with van der Waals surface area (Å²) < 4.78 is 12.9. The van der Waals surface area contributed by atoms with Crippen molar-refractivity contribution in [2.75, 3.05) is 23.4 Å². The highest BCUT2D eigenvalue weighted by molar-refractivity contribution is 7.99. The van der Waals surface area contributed by atoms with E-state index < -0.39 is 0 Å². The van der Waals surface area contributed by atoms with Crippen LogP contribution in [0.5, 0.6) is 5.75 Å². The minimum absolute atomic E-state index is 0.128. The van der Waals surface area contributed by atoms with Gasteiger partial charge in [-0.2, -0.15) is 0 Å². The van der Waals surface area contributed by atoms with E-state index in [0.29, 0.717) is 22.7 Å². The van der Waals surface area contributed by atoms with Crippen LogP contribution < -0.4 is 14.8 Å². The van der Waals surface area contributed by atoms with Crippen molar-refractivity contribution in [1.82, 2.24) is 24.5 Å². The molecule has 10 heteroatoms. The van der Waals surface area contributed by atoms with Crippen molar-refractivity contribution in [3.63, 3.8) is 0 Å². The van der Waals surface area contributed by atoms with E-state index in [1.54, 1.807) is 11.8 Å². The van der Waals surface area contributed by atoms with Gasteiger partial charge in [0, 0.05) is 17.4 Å². The number of imidazole rings is 1. The molecule has 2 aromatic heterocycles. The Hall–Kier alpha value is -3.79. The largest absolute Gasteiger partial charge is 0.492 e. The van der Waals surface area contributed by atoms with Gasteiger partial charge in [-0.1, -0.05) is 30.2 Å². The molecule has 210 valence electrons. The molecule has 2 aromatic carbocycles. The van der Waals surface area contributed by atoms with Crippen LogP contribution in [-0.2, 0) is 11.0 Å². The lowest BCUT2D eigenvalue weighted by atomic mass is 9.96. The first-order valence-corrected chi connectivity index (χ1v) is 14.6. The maximum absolute atomic E-state index is 13.6. The zero-order valence-electron chi connectivity index (χ0n) is 24.4. The second-order valence-corrected chi connectivity index (χ2v) is 12.3. The third-order valence-corrected chi connectivity index (χ3v) is 7.96. The van der Waals surface area contributed by atoms with E-state index in [4.69, 9.17) is 4.74 Å². The van der Waals surface area contributed by atoms with Crippen LogP contribution in [0.2, 0.25) is 0 Å². The summed E-state index contributed by atoms with van der Waals surface area (Å²) in [5.74, 6) is 1.29. The minimum Gasteiger partial charge on any atom is -0.492 e. The molecular weight excluding hydrogens is 522 g/mol. The molecule has 2 N–H and O–H groups in total. The lowest BCUT2D eigenvalue weighted by Gasteiger charge is -2.24. The molecular formula is C30H37N7O2S. The fourth-order valence-corrected chi connectivity index (χ4v) is 5.49. The second-order valence-electron chi connectivity index (χ2n) is 11.7. The molecule has 1 saturated carbocycles. The number of hydrogen-bond acceptors (Lipinski definition) is 7. The van der Waals surface area contributed by atoms with Gasteiger partial charge < -0.3 is 19.3 Å². The number of nitrogens with zero attached hydrogens (tertiary/aromatic N) is 5. The Bertz CT molecular complexity index is 1580. The fourth-order valence-electron chi connectivity index (χ4n) is 5.11. The third kappa shape index (κ3) is 5.20. The number of ether oxygens (including phenoxy) is 1. The van der Waals surface area contributed by atoms with E-state index in [1.807, 2.05) is 56.8 Å². The van der Waals surface area contributed by atoms with Crippen LogP contribution in [0.25, 0.3) is 17.1 Å². The van der Waals surface area contributed by atoms with Crippen LogP contribution in [0.15, 0.2) is 42.7 Å². The van der Waals surface area contributed by atoms with Gasteiger partial charge in [0.25, 0.3) is 5.91 Å². The van der Waals surface area contributed by atoms with Crippen molar-refractivity contribution in [3.05, 3.63) is 65.2 Å². The molecule has 1 fully saturated rings. The molecule has 40 heavy (non-hydrogen) atoms. The molecule has 0 spiro atoms. The molecule has 0 atom stereocenters. The number of benzene rings is 2. The van der Waals surface area contributed by atoms with Gasteiger partial charge in [0.05, 0.1) is 42.3 Å². The van der Waals surface area contributed by atoms with Crippen molar-refractivity contribution >= 4 is 29.2 Å². The van der Waals surface area contributed by atoms with Crippen molar-refractivity contribution in [2.45, 2.75) is 65.3 Å². The van der Waals surface area contributed by atoms with Crippen LogP contribution in [-0.4, -0.2) is 43.8 Å². The van der Waals surface area contributed by atoms with Gasteiger partial charge in [-0.15, -0.1) is 5.10 Å². The van der Waals surface area contributed by atoms with Crippen LogP contribution in [0, 0.1) is 13.8 Å². The average molecular weight is 560 g/mol. The molecule has 1 aliphatic rings. The lowest BCUT2D eigenvalue weighted by Crippen LogP contribution is -2.24. The Labute approximate surface area is 239 Å². The molecule has 4 aromatic rings. The Kier molecular flexibility index (Phi) is 7.16. The summed E-state index contributed by atoms with van der Waals surface area (Å²) in [5.41, 5.74) is 6.52. The number of nitrogens with one attached hydrogen (secondary N) is 2. The first-order valence-electron chi connectivity index (χ1n) is 13.4. The minimum atomic E-state index is -0.227. The van der Waals surface area contributed by atoms with E-state index in [9.17, 15) is 4.79 Å². The standard InChI is InChI=1S/C30H37N7O2S/c1-18-9-10-20(13-25(18)36-17-24(33-35-36)26-16-31-19(2)37(26)29(3,4)5)28(38)32-22-14-21(30(6)11-12-30)15-23(34-40-8)27(22)39-7/h9-10,13-17,34H,11-12H2,1-8H3,(H,32,38). The van der Waals surface area contributed by atoms with Gasteiger partial charge in [0.15, 0.2) is 5.75 Å². The Balaban J connectivity index is 1.47. The van der Waals surface area contributed by atoms with Crippen LogP contribution >= 0.6 is 11.9 Å². The molecule has 2 heterocycles. The average Bonchev–Trinajstić information content (AvgIpc) is 3.28. The number of amides is 1. The van der Waals surface area contributed by atoms with Gasteiger partial charge in [0.2, 0.25) is 0 Å². The zero-order valence-corrected chi connectivity index (χ0v) is 25.2. The van der Waals surface area contributed by atoms with Crippen LogP contribution in [0.3, 0.4) is 0 Å². The molecule has 1 amide bonds. The van der Waals surface area contributed by atoms with E-state index >= 15 is 0 Å². The maximum Gasteiger partial charge on any atom is 0.255 e. The summed E-state index contributed by atoms with van der Waals surface area (Å²) in [5, 5.41) is 12.0. The SMILES string of the molecule is COc1c(NSC)cc(C2(C)CC2)cc1NC(=O)c1ccc(C)c(-n2cc(-c3cnc(C)n3C(C)(C)C)nn2)c1. The number of hydrogen-bond donors (Lipinski definition) is 2. The number of carbonyl (C=O) groups is 1. The summed E-state index contributed by atoms with van der Waals surface area (Å²) in [4.78, 5) is 18.1. The number of anilines is 2. The van der Waals surface area contributed by atoms with E-state index in [0.717, 1.165) is 41.3 Å². The number of carbonyl (C=O) groups excluding carboxylic acids is 1. The predicted molar refractivity (Wildman–Crippen MR) is 162 cm³/mol. The first kappa shape index (κ1) is 27.8. The predicted octanol–water partition coefficient (Wildman–Crippen LogP) is 6.50. The monoisotopic (exact) mass is 559 g/mol. The molecule has 0 aliphatic heterocycles. The molecule has 0 saturated heterocycles. The molecule has 1 aliphatic carbocycles. The Morgan fingerprint density at radius 3 is 2.50 bits per heavy atom. The second kappa shape index (κ2) is 10.3. The topological polar surface area (TPSA) is 98.9 Å². The summed E-state index contributed by atoms with van der Waals surface area (Å²) in [6.07, 6.45) is 7.93. The van der Waals surface area contributed by atoms with E-state index in [-0.39, 0.29) is 16.9 Å². The lowest BCUT2D eigenvalue weighted by molar-refractivity contribution is 0.102. The smallest absolute Gasteiger partial charge is 0.255 e. The van der Waals surface area contributed by atoms with Crippen molar-refractivity contribution in [2.24, 2.45) is 0 Å². The summed E-state index contributed by atoms with van der Waals surface area (Å²) in [7, 11) is 1.62. The van der Waals surface area contributed by atoms with Crippen molar-refractivity contribution in [1.29, 1.82) is 0 Å². The van der Waals surface area contributed by atoms with Crippen LogP contribution in [0.1, 0.15) is 67.8 Å². The van der Waals surface area contributed by atoms with Gasteiger partial charge in [-0.3, -0.25) is 4.79 Å². The van der Waals surface area contributed by atoms with Crippen LogP contribution in [0.4, 0.5) is 11.4 Å². The van der Waals surface area contributed by atoms with E-state index in [1.165, 1.54) is 17.5 Å². The highest BCUT2D eigenvalue weighted by Crippen LogP contribution is 2.51. The highest BCUT2D eigenvalue weighted by Gasteiger charge is 2.40. The normalized spacial score (nSPS) is 14.2. The van der Waals surface area contributed by atoms with Gasteiger partial charge >= 0.3 is 0 Å². The Morgan fingerprint density at radius 1 is 1.12 bits per heavy atom. The quantitative estimate of drug-likeness (QED) is 0.238. The van der Waals surface area contributed by atoms with Gasteiger partial charge in [0.1, 0.15) is 11.5 Å². The molecule has 0 radical (unpaired) electrons. The summed E-state index contributed by atoms with van der Waals surface area (Å²) >= 11 is 1.49. The van der Waals surface area contributed by atoms with Crippen molar-refractivity contribution in [3.8, 4) is 22.8 Å². The zero-order chi connectivity index (χ0) is 28.8. The van der Waals surface area contributed by atoms with Gasteiger partial charge in [-0.05, 0) is 88.3 Å². The molecule has 0 bridgehead atoms. The summed E-state index contributed by atoms with van der Waals surface area (Å²) in [6.45, 7) is 12.6.